The molecule has 3 aromatic carbocycles. The van der Waals surface area contributed by atoms with Crippen LogP contribution in [0.15, 0.2) is 91.0 Å². The van der Waals surface area contributed by atoms with Gasteiger partial charge in [-0.1, -0.05) is 54.6 Å². The first-order valence-corrected chi connectivity index (χ1v) is 12.7. The molecular formula is C18H16Cl2PRu+. The summed E-state index contributed by atoms with van der Waals surface area (Å²) in [5, 5.41) is 4.31. The Morgan fingerprint density at radius 2 is 0.727 bits per heavy atom. The summed E-state index contributed by atoms with van der Waals surface area (Å²) >= 11 is -0.346. The minimum Gasteiger partial charge on any atom is -0.0620 e. The summed E-state index contributed by atoms with van der Waals surface area (Å²) in [4.78, 5) is 0. The summed E-state index contributed by atoms with van der Waals surface area (Å²) in [6.45, 7) is 0. The van der Waals surface area contributed by atoms with E-state index in [-0.39, 0.29) is 15.1 Å². The molecule has 0 aliphatic rings. The summed E-state index contributed by atoms with van der Waals surface area (Å²) in [5.74, 6) is 0. The first-order chi connectivity index (χ1) is 10.9. The molecule has 0 N–H and O–H groups in total. The van der Waals surface area contributed by atoms with E-state index in [1.165, 1.54) is 15.9 Å². The second-order valence-electron chi connectivity index (χ2n) is 4.52. The van der Waals surface area contributed by atoms with Gasteiger partial charge in [-0.15, -0.1) is 0 Å². The molecule has 0 aliphatic carbocycles. The van der Waals surface area contributed by atoms with Crippen LogP contribution in [0.2, 0.25) is 0 Å². The molecule has 114 valence electrons. The summed E-state index contributed by atoms with van der Waals surface area (Å²) < 4.78 is 0. The molecule has 0 spiro atoms. The molecule has 0 unspecified atom stereocenters. The standard InChI is InChI=1S/C18H15P.2ClH.Ru/c1-4-10-16(11-5-1)19(17-12-6-2-7-13-17)18-14-8-3-9-15-18;;;/h1-15H;2*1H;/q;;;+2/p-1. The van der Waals surface area contributed by atoms with Gasteiger partial charge >= 0.3 is 34.5 Å². The molecule has 3 aromatic rings. The molecule has 0 aliphatic heterocycles. The van der Waals surface area contributed by atoms with Crippen molar-refractivity contribution in [1.29, 1.82) is 0 Å². The van der Waals surface area contributed by atoms with E-state index in [1.807, 2.05) is 0 Å². The molecule has 0 fully saturated rings. The first-order valence-electron chi connectivity index (χ1n) is 6.75. The maximum Gasteiger partial charge on any atom is 0.102 e. The van der Waals surface area contributed by atoms with Crippen LogP contribution in [-0.4, -0.2) is 0 Å². The molecule has 0 aromatic heterocycles. The average molecular weight is 435 g/mol. The van der Waals surface area contributed by atoms with Crippen molar-refractivity contribution in [3.63, 3.8) is 0 Å². The minimum atomic E-state index is -0.877. The summed E-state index contributed by atoms with van der Waals surface area (Å²) in [5.41, 5.74) is 0. The van der Waals surface area contributed by atoms with E-state index in [0.717, 1.165) is 0 Å². The molecule has 0 heterocycles. The molecular weight excluding hydrogens is 419 g/mol. The third-order valence-corrected chi connectivity index (χ3v) is 5.92. The molecule has 4 heteroatoms. The van der Waals surface area contributed by atoms with Crippen molar-refractivity contribution >= 4 is 43.2 Å². The van der Waals surface area contributed by atoms with Gasteiger partial charge in [-0.25, -0.2) is 0 Å². The molecule has 0 nitrogen and oxygen atoms in total. The van der Waals surface area contributed by atoms with Gasteiger partial charge in [0.25, 0.3) is 0 Å². The fraction of sp³-hybridized carbons (Fsp3) is 0. The molecule has 0 bridgehead atoms. The normalized spacial score (nSPS) is 10.1. The Hall–Kier alpha value is -0.707. The fourth-order valence-electron chi connectivity index (χ4n) is 2.31. The summed E-state index contributed by atoms with van der Waals surface area (Å²) in [6, 6.07) is 32.5. The van der Waals surface area contributed by atoms with Gasteiger partial charge in [0, 0.05) is 0 Å². The Labute approximate surface area is 148 Å². The smallest absolute Gasteiger partial charge is 0.0620 e. The first kappa shape index (κ1) is 17.6. The zero-order valence-electron chi connectivity index (χ0n) is 11.8. The van der Waals surface area contributed by atoms with E-state index in [2.05, 4.69) is 91.0 Å². The molecule has 22 heavy (non-hydrogen) atoms. The largest absolute Gasteiger partial charge is 0.102 e. The van der Waals surface area contributed by atoms with Crippen LogP contribution >= 0.6 is 27.3 Å². The minimum absolute atomic E-state index is 0.346. The zero-order chi connectivity index (χ0) is 15.6. The monoisotopic (exact) mass is 435 g/mol. The maximum absolute atomic E-state index is 4.85. The van der Waals surface area contributed by atoms with Crippen LogP contribution in [0.4, 0.5) is 0 Å². The van der Waals surface area contributed by atoms with Crippen molar-refractivity contribution in [2.24, 2.45) is 0 Å². The number of hydrogen-bond donors (Lipinski definition) is 0. The maximum atomic E-state index is 4.85. The number of halogens is 2. The predicted molar refractivity (Wildman–Crippen MR) is 98.2 cm³/mol. The third kappa shape index (κ3) is 5.18. The predicted octanol–water partition coefficient (Wildman–Crippen LogP) is 4.55. The van der Waals surface area contributed by atoms with Gasteiger partial charge < -0.3 is 0 Å². The summed E-state index contributed by atoms with van der Waals surface area (Å²) in [6.07, 6.45) is 0. The quantitative estimate of drug-likeness (QED) is 0.418. The van der Waals surface area contributed by atoms with Gasteiger partial charge in [-0.2, -0.15) is 0 Å². The van der Waals surface area contributed by atoms with Crippen LogP contribution < -0.4 is 15.9 Å². The Bertz CT molecular complexity index is 554. The van der Waals surface area contributed by atoms with Crippen molar-refractivity contribution in [2.45, 2.75) is 0 Å². The number of hydrogen-bond acceptors (Lipinski definition) is 0. The van der Waals surface area contributed by atoms with Gasteiger partial charge in [0.2, 0.25) is 0 Å². The van der Waals surface area contributed by atoms with Crippen LogP contribution in [0.3, 0.4) is 0 Å². The van der Waals surface area contributed by atoms with Crippen LogP contribution in [0.25, 0.3) is 0 Å². The summed E-state index contributed by atoms with van der Waals surface area (Å²) in [7, 11) is 8.83. The van der Waals surface area contributed by atoms with Gasteiger partial charge in [-0.05, 0) is 36.4 Å². The van der Waals surface area contributed by atoms with Crippen LogP contribution in [0.5, 0.6) is 0 Å². The van der Waals surface area contributed by atoms with Crippen molar-refractivity contribution in [2.75, 3.05) is 0 Å². The van der Waals surface area contributed by atoms with E-state index in [4.69, 9.17) is 19.4 Å². The number of rotatable bonds is 3. The Morgan fingerprint density at radius 3 is 0.955 bits per heavy atom. The van der Waals surface area contributed by atoms with Crippen molar-refractivity contribution in [3.05, 3.63) is 91.0 Å². The van der Waals surface area contributed by atoms with Gasteiger partial charge in [0.15, 0.2) is 0 Å². The molecule has 0 atom stereocenters. The van der Waals surface area contributed by atoms with Crippen molar-refractivity contribution < 1.29 is 15.1 Å². The second-order valence-corrected chi connectivity index (χ2v) is 9.64. The van der Waals surface area contributed by atoms with Crippen molar-refractivity contribution in [3.8, 4) is 0 Å². The molecule has 3 rings (SSSR count). The Kier molecular flexibility index (Phi) is 8.13. The second kappa shape index (κ2) is 10.1. The van der Waals surface area contributed by atoms with Crippen LogP contribution in [0, 0.1) is 0 Å². The van der Waals surface area contributed by atoms with Crippen LogP contribution in [0.1, 0.15) is 0 Å². The van der Waals surface area contributed by atoms with E-state index in [0.29, 0.717) is 0 Å². The number of benzene rings is 3. The molecule has 0 saturated heterocycles. The van der Waals surface area contributed by atoms with E-state index < -0.39 is 7.92 Å². The Morgan fingerprint density at radius 1 is 0.500 bits per heavy atom. The van der Waals surface area contributed by atoms with E-state index in [1.54, 1.807) is 0 Å². The molecule has 0 amide bonds. The van der Waals surface area contributed by atoms with Crippen molar-refractivity contribution in [1.82, 2.24) is 0 Å². The molecule has 0 radical (unpaired) electrons. The van der Waals surface area contributed by atoms with E-state index >= 15 is 0 Å². The van der Waals surface area contributed by atoms with Crippen LogP contribution in [-0.2, 0) is 15.1 Å². The fourth-order valence-corrected chi connectivity index (χ4v) is 4.89. The average Bonchev–Trinajstić information content (AvgIpc) is 2.59. The van der Waals surface area contributed by atoms with Gasteiger partial charge in [0.05, 0.1) is 7.92 Å². The topological polar surface area (TPSA) is 0 Å². The SMILES string of the molecule is [Cl][Ru][Cl].c1ccc([PH+](c2ccccc2)c2ccccc2)cc1. The Balaban J connectivity index is 0.000000545. The third-order valence-electron chi connectivity index (χ3n) is 3.19. The van der Waals surface area contributed by atoms with Gasteiger partial charge in [0.1, 0.15) is 15.9 Å². The molecule has 0 saturated carbocycles. The van der Waals surface area contributed by atoms with Gasteiger partial charge in [-0.3, -0.25) is 0 Å². The van der Waals surface area contributed by atoms with E-state index in [9.17, 15) is 0 Å². The zero-order valence-corrected chi connectivity index (χ0v) is 16.0.